The zero-order valence-electron chi connectivity index (χ0n) is 11.6. The Morgan fingerprint density at radius 1 is 1.48 bits per heavy atom. The van der Waals surface area contributed by atoms with E-state index in [1.165, 1.54) is 11.3 Å². The molecule has 2 aromatic rings. The van der Waals surface area contributed by atoms with E-state index in [0.29, 0.717) is 5.13 Å². The van der Waals surface area contributed by atoms with Crippen molar-refractivity contribution in [2.45, 2.75) is 12.3 Å². The van der Waals surface area contributed by atoms with Crippen LogP contribution in [-0.2, 0) is 9.53 Å². The number of nitrogens with zero attached hydrogens (tertiary/aromatic N) is 2. The number of carbonyl (C=O) groups excluding carboxylic acids is 1. The molecule has 1 atom stereocenters. The van der Waals surface area contributed by atoms with Gasteiger partial charge in [-0.05, 0) is 25.1 Å². The molecule has 2 heterocycles. The van der Waals surface area contributed by atoms with E-state index in [9.17, 15) is 4.79 Å². The zero-order valence-corrected chi connectivity index (χ0v) is 13.2. The maximum absolute atomic E-state index is 11.6. The van der Waals surface area contributed by atoms with Gasteiger partial charge in [-0.25, -0.2) is 4.98 Å². The van der Waals surface area contributed by atoms with Gasteiger partial charge in [-0.2, -0.15) is 0 Å². The molecular weight excluding hydrogens is 310 g/mol. The minimum absolute atomic E-state index is 0.232. The lowest BCUT2D eigenvalue weighted by atomic mass is 10.2. The van der Waals surface area contributed by atoms with Gasteiger partial charge in [-0.3, -0.25) is 4.79 Å². The minimum atomic E-state index is -0.569. The molecule has 7 heteroatoms. The molecule has 0 radical (unpaired) electrons. The summed E-state index contributed by atoms with van der Waals surface area (Å²) in [5.41, 5.74) is 2.05. The monoisotopic (exact) mass is 325 g/mol. The quantitative estimate of drug-likeness (QED) is 0.882. The van der Waals surface area contributed by atoms with Crippen molar-refractivity contribution in [2.75, 3.05) is 36.5 Å². The summed E-state index contributed by atoms with van der Waals surface area (Å²) in [6.45, 7) is 4.96. The van der Waals surface area contributed by atoms with E-state index in [-0.39, 0.29) is 5.91 Å². The maximum Gasteiger partial charge on any atom is 0.243 e. The van der Waals surface area contributed by atoms with E-state index >= 15 is 0 Å². The normalized spacial score (nSPS) is 17.0. The lowest BCUT2D eigenvalue weighted by Crippen LogP contribution is -2.36. The molecule has 0 unspecified atom stereocenters. The van der Waals surface area contributed by atoms with Crippen LogP contribution in [0.3, 0.4) is 0 Å². The molecule has 1 aromatic heterocycles. The number of fused-ring (bicyclic) bond motifs is 1. The molecule has 0 aliphatic carbocycles. The molecule has 1 amide bonds. The van der Waals surface area contributed by atoms with Crippen LogP contribution in [0.4, 0.5) is 10.8 Å². The number of thiazole rings is 1. The summed E-state index contributed by atoms with van der Waals surface area (Å²) in [6.07, 6.45) is 0. The molecule has 1 saturated heterocycles. The van der Waals surface area contributed by atoms with E-state index in [2.05, 4.69) is 27.3 Å². The van der Waals surface area contributed by atoms with Crippen molar-refractivity contribution in [3.63, 3.8) is 0 Å². The van der Waals surface area contributed by atoms with Gasteiger partial charge >= 0.3 is 0 Å². The molecule has 3 rings (SSSR count). The summed E-state index contributed by atoms with van der Waals surface area (Å²) >= 11 is 7.21. The number of anilines is 2. The van der Waals surface area contributed by atoms with Gasteiger partial charge in [0, 0.05) is 18.8 Å². The molecule has 21 heavy (non-hydrogen) atoms. The van der Waals surface area contributed by atoms with Crippen molar-refractivity contribution in [3.8, 4) is 0 Å². The van der Waals surface area contributed by atoms with Gasteiger partial charge < -0.3 is 15.0 Å². The second-order valence-corrected chi connectivity index (χ2v) is 6.56. The standard InChI is InChI=1S/C14H16ClN3O2S/c1-9(15)13(19)17-14-16-11-3-2-10(8-12(11)21-14)18-4-6-20-7-5-18/h2-3,8-9H,4-7H2,1H3,(H,16,17,19)/t9-/m1/s1. The summed E-state index contributed by atoms with van der Waals surface area (Å²) in [5.74, 6) is -0.232. The fourth-order valence-corrected chi connectivity index (χ4v) is 3.15. The average molecular weight is 326 g/mol. The van der Waals surface area contributed by atoms with E-state index in [1.807, 2.05) is 6.07 Å². The number of carbonyl (C=O) groups is 1. The van der Waals surface area contributed by atoms with Crippen LogP contribution in [-0.4, -0.2) is 42.6 Å². The molecule has 112 valence electrons. The van der Waals surface area contributed by atoms with Gasteiger partial charge in [0.25, 0.3) is 0 Å². The number of rotatable bonds is 3. The van der Waals surface area contributed by atoms with Crippen molar-refractivity contribution in [3.05, 3.63) is 18.2 Å². The fourth-order valence-electron chi connectivity index (χ4n) is 2.19. The third-order valence-corrected chi connectivity index (χ3v) is 4.47. The fraction of sp³-hybridized carbons (Fsp3) is 0.429. The summed E-state index contributed by atoms with van der Waals surface area (Å²) in [7, 11) is 0. The van der Waals surface area contributed by atoms with Crippen LogP contribution in [0.15, 0.2) is 18.2 Å². The molecule has 0 bridgehead atoms. The van der Waals surface area contributed by atoms with E-state index in [4.69, 9.17) is 16.3 Å². The van der Waals surface area contributed by atoms with Gasteiger partial charge in [0.15, 0.2) is 5.13 Å². The number of amides is 1. The number of hydrogen-bond acceptors (Lipinski definition) is 5. The number of alkyl halides is 1. The average Bonchev–Trinajstić information content (AvgIpc) is 2.89. The van der Waals surface area contributed by atoms with Crippen molar-refractivity contribution < 1.29 is 9.53 Å². The Bertz CT molecular complexity index is 653. The van der Waals surface area contributed by atoms with Gasteiger partial charge in [-0.1, -0.05) is 11.3 Å². The highest BCUT2D eigenvalue weighted by Gasteiger charge is 2.15. The van der Waals surface area contributed by atoms with Crippen molar-refractivity contribution in [2.24, 2.45) is 0 Å². The first-order valence-corrected chi connectivity index (χ1v) is 8.07. The first kappa shape index (κ1) is 14.6. The van der Waals surface area contributed by atoms with E-state index in [1.54, 1.807) is 6.92 Å². The van der Waals surface area contributed by atoms with E-state index < -0.39 is 5.38 Å². The van der Waals surface area contributed by atoms with Crippen LogP contribution < -0.4 is 10.2 Å². The van der Waals surface area contributed by atoms with Crippen molar-refractivity contribution >= 4 is 49.9 Å². The van der Waals surface area contributed by atoms with Gasteiger partial charge in [0.1, 0.15) is 5.38 Å². The molecule has 1 aliphatic heterocycles. The zero-order chi connectivity index (χ0) is 14.8. The van der Waals surface area contributed by atoms with Crippen molar-refractivity contribution in [1.82, 2.24) is 4.98 Å². The third-order valence-electron chi connectivity index (χ3n) is 3.34. The molecule has 1 N–H and O–H groups in total. The number of morpholine rings is 1. The summed E-state index contributed by atoms with van der Waals surface area (Å²) in [5, 5.41) is 2.75. The van der Waals surface area contributed by atoms with Crippen LogP contribution >= 0.6 is 22.9 Å². The first-order valence-electron chi connectivity index (χ1n) is 6.82. The van der Waals surface area contributed by atoms with Crippen LogP contribution in [0.25, 0.3) is 10.2 Å². The number of ether oxygens (including phenoxy) is 1. The van der Waals surface area contributed by atoms with Crippen LogP contribution in [0.2, 0.25) is 0 Å². The number of benzene rings is 1. The van der Waals surface area contributed by atoms with Gasteiger partial charge in [0.2, 0.25) is 5.91 Å². The lowest BCUT2D eigenvalue weighted by Gasteiger charge is -2.28. The Morgan fingerprint density at radius 3 is 2.95 bits per heavy atom. The summed E-state index contributed by atoms with van der Waals surface area (Å²) < 4.78 is 6.42. The number of aromatic nitrogens is 1. The van der Waals surface area contributed by atoms with Gasteiger partial charge in [0.05, 0.1) is 23.4 Å². The highest BCUT2D eigenvalue weighted by atomic mass is 35.5. The van der Waals surface area contributed by atoms with Crippen LogP contribution in [0, 0.1) is 0 Å². The molecule has 1 aromatic carbocycles. The van der Waals surface area contributed by atoms with E-state index in [0.717, 1.165) is 42.2 Å². The summed E-state index contributed by atoms with van der Waals surface area (Å²) in [6, 6.07) is 6.15. The molecule has 1 aliphatic rings. The number of hydrogen-bond donors (Lipinski definition) is 1. The third kappa shape index (κ3) is 3.28. The maximum atomic E-state index is 11.6. The Morgan fingerprint density at radius 2 is 2.24 bits per heavy atom. The Balaban J connectivity index is 1.82. The Hall–Kier alpha value is -1.37. The number of halogens is 1. The molecule has 0 saturated carbocycles. The highest BCUT2D eigenvalue weighted by molar-refractivity contribution is 7.22. The number of nitrogens with one attached hydrogen (secondary N) is 1. The minimum Gasteiger partial charge on any atom is -0.378 e. The lowest BCUT2D eigenvalue weighted by molar-refractivity contribution is -0.115. The molecule has 0 spiro atoms. The predicted octanol–water partition coefficient (Wildman–Crippen LogP) is 2.70. The second-order valence-electron chi connectivity index (χ2n) is 4.88. The largest absolute Gasteiger partial charge is 0.378 e. The predicted molar refractivity (Wildman–Crippen MR) is 86.6 cm³/mol. The smallest absolute Gasteiger partial charge is 0.243 e. The van der Waals surface area contributed by atoms with Gasteiger partial charge in [-0.15, -0.1) is 11.6 Å². The first-order chi connectivity index (χ1) is 10.1. The van der Waals surface area contributed by atoms with Crippen LogP contribution in [0.1, 0.15) is 6.92 Å². The second kappa shape index (κ2) is 6.17. The Kier molecular flexibility index (Phi) is 4.28. The highest BCUT2D eigenvalue weighted by Crippen LogP contribution is 2.30. The van der Waals surface area contributed by atoms with Crippen molar-refractivity contribution in [1.29, 1.82) is 0 Å². The summed E-state index contributed by atoms with van der Waals surface area (Å²) in [4.78, 5) is 18.3. The molecule has 5 nitrogen and oxygen atoms in total. The topological polar surface area (TPSA) is 54.5 Å². The molecule has 1 fully saturated rings. The molecular formula is C14H16ClN3O2S. The Labute approximate surface area is 131 Å². The SMILES string of the molecule is C[C@@H](Cl)C(=O)Nc1nc2ccc(N3CCOCC3)cc2s1. The van der Waals surface area contributed by atoms with Crippen LogP contribution in [0.5, 0.6) is 0 Å².